The molecular formula is C12H23NO2. The molecule has 0 spiro atoms. The summed E-state index contributed by atoms with van der Waals surface area (Å²) in [6.45, 7) is 5.87. The Bertz CT molecular complexity index is 180. The van der Waals surface area contributed by atoms with Gasteiger partial charge >= 0.3 is 0 Å². The van der Waals surface area contributed by atoms with Crippen molar-refractivity contribution in [3.63, 3.8) is 0 Å². The van der Waals surface area contributed by atoms with Gasteiger partial charge in [-0.2, -0.15) is 0 Å². The van der Waals surface area contributed by atoms with E-state index in [2.05, 4.69) is 12.2 Å². The number of rotatable bonds is 4. The molecule has 3 atom stereocenters. The molecule has 0 aromatic rings. The third kappa shape index (κ3) is 3.44. The van der Waals surface area contributed by atoms with Crippen LogP contribution in [0.2, 0.25) is 0 Å². The van der Waals surface area contributed by atoms with Crippen molar-refractivity contribution >= 4 is 0 Å². The van der Waals surface area contributed by atoms with Crippen LogP contribution in [0.15, 0.2) is 0 Å². The van der Waals surface area contributed by atoms with E-state index in [1.165, 1.54) is 25.8 Å². The Labute approximate surface area is 92.5 Å². The molecule has 0 radical (unpaired) electrons. The van der Waals surface area contributed by atoms with Gasteiger partial charge in [-0.1, -0.05) is 19.8 Å². The van der Waals surface area contributed by atoms with Crippen molar-refractivity contribution in [2.45, 2.75) is 38.7 Å². The van der Waals surface area contributed by atoms with E-state index in [0.717, 1.165) is 31.4 Å². The molecule has 2 fully saturated rings. The molecule has 0 aromatic carbocycles. The zero-order valence-corrected chi connectivity index (χ0v) is 9.71. The molecule has 1 aliphatic carbocycles. The molecule has 1 aliphatic heterocycles. The molecule has 0 amide bonds. The van der Waals surface area contributed by atoms with Gasteiger partial charge in [0.1, 0.15) is 6.79 Å². The van der Waals surface area contributed by atoms with E-state index in [1.54, 1.807) is 0 Å². The van der Waals surface area contributed by atoms with Gasteiger partial charge in [0.15, 0.2) is 0 Å². The lowest BCUT2D eigenvalue weighted by molar-refractivity contribution is -0.137. The van der Waals surface area contributed by atoms with Crippen molar-refractivity contribution in [3.8, 4) is 0 Å². The summed E-state index contributed by atoms with van der Waals surface area (Å²) < 4.78 is 10.6. The fourth-order valence-electron chi connectivity index (χ4n) is 2.62. The van der Waals surface area contributed by atoms with Gasteiger partial charge in [0.2, 0.25) is 0 Å². The third-order valence-electron chi connectivity index (χ3n) is 3.79. The second kappa shape index (κ2) is 5.83. The van der Waals surface area contributed by atoms with Crippen LogP contribution in [0.25, 0.3) is 0 Å². The van der Waals surface area contributed by atoms with Crippen molar-refractivity contribution in [1.82, 2.24) is 5.32 Å². The lowest BCUT2D eigenvalue weighted by Crippen LogP contribution is -2.36. The first-order chi connectivity index (χ1) is 7.36. The first-order valence-electron chi connectivity index (χ1n) is 6.26. The quantitative estimate of drug-likeness (QED) is 0.772. The zero-order valence-electron chi connectivity index (χ0n) is 9.71. The first kappa shape index (κ1) is 11.4. The predicted octanol–water partition coefficient (Wildman–Crippen LogP) is 1.78. The largest absolute Gasteiger partial charge is 0.355 e. The van der Waals surface area contributed by atoms with E-state index in [4.69, 9.17) is 9.47 Å². The Morgan fingerprint density at radius 3 is 2.80 bits per heavy atom. The van der Waals surface area contributed by atoms with Gasteiger partial charge in [-0.3, -0.25) is 0 Å². The number of hydrogen-bond acceptors (Lipinski definition) is 3. The van der Waals surface area contributed by atoms with Crippen LogP contribution in [0.3, 0.4) is 0 Å². The Kier molecular flexibility index (Phi) is 4.42. The van der Waals surface area contributed by atoms with Crippen LogP contribution < -0.4 is 5.32 Å². The van der Waals surface area contributed by atoms with Gasteiger partial charge < -0.3 is 14.8 Å². The molecule has 2 aliphatic rings. The molecule has 88 valence electrons. The fraction of sp³-hybridized carbons (Fsp3) is 1.00. The Morgan fingerprint density at radius 2 is 2.13 bits per heavy atom. The van der Waals surface area contributed by atoms with Gasteiger partial charge in [-0.25, -0.2) is 0 Å². The Morgan fingerprint density at radius 1 is 1.20 bits per heavy atom. The van der Waals surface area contributed by atoms with Gasteiger partial charge in [-0.05, 0) is 31.2 Å². The zero-order chi connectivity index (χ0) is 10.5. The Hall–Kier alpha value is -0.120. The van der Waals surface area contributed by atoms with Crippen molar-refractivity contribution in [1.29, 1.82) is 0 Å². The van der Waals surface area contributed by atoms with Gasteiger partial charge in [0.25, 0.3) is 0 Å². The lowest BCUT2D eigenvalue weighted by Gasteiger charge is -2.24. The van der Waals surface area contributed by atoms with Crippen molar-refractivity contribution in [3.05, 3.63) is 0 Å². The van der Waals surface area contributed by atoms with E-state index in [-0.39, 0.29) is 0 Å². The predicted molar refractivity (Wildman–Crippen MR) is 59.7 cm³/mol. The van der Waals surface area contributed by atoms with Gasteiger partial charge in [0, 0.05) is 6.54 Å². The average molecular weight is 213 g/mol. The van der Waals surface area contributed by atoms with Crippen LogP contribution in [0.1, 0.15) is 32.6 Å². The highest BCUT2D eigenvalue weighted by atomic mass is 16.7. The van der Waals surface area contributed by atoms with E-state index in [1.807, 2.05) is 0 Å². The van der Waals surface area contributed by atoms with Crippen LogP contribution >= 0.6 is 0 Å². The van der Waals surface area contributed by atoms with Crippen LogP contribution in [0.4, 0.5) is 0 Å². The average Bonchev–Trinajstić information content (AvgIpc) is 2.66. The molecule has 3 unspecified atom stereocenters. The van der Waals surface area contributed by atoms with Crippen molar-refractivity contribution < 1.29 is 9.47 Å². The highest BCUT2D eigenvalue weighted by Crippen LogP contribution is 2.30. The third-order valence-corrected chi connectivity index (χ3v) is 3.79. The molecule has 1 saturated carbocycles. The molecule has 2 rings (SSSR count). The van der Waals surface area contributed by atoms with Crippen molar-refractivity contribution in [2.75, 3.05) is 26.5 Å². The standard InChI is InChI=1S/C12H23NO2/c1-10-3-2-4-11(10)7-13-8-12-5-6-14-9-15-12/h10-13H,2-9H2,1H3. The minimum Gasteiger partial charge on any atom is -0.355 e. The van der Waals surface area contributed by atoms with Gasteiger partial charge in [0.05, 0.1) is 12.7 Å². The summed E-state index contributed by atoms with van der Waals surface area (Å²) in [5.41, 5.74) is 0. The maximum absolute atomic E-state index is 5.48. The van der Waals surface area contributed by atoms with Crippen LogP contribution in [0.5, 0.6) is 0 Å². The monoisotopic (exact) mass is 213 g/mol. The summed E-state index contributed by atoms with van der Waals surface area (Å²) in [5, 5.41) is 3.55. The molecule has 0 aromatic heterocycles. The molecular weight excluding hydrogens is 190 g/mol. The Balaban J connectivity index is 1.57. The van der Waals surface area contributed by atoms with Crippen LogP contribution in [-0.4, -0.2) is 32.6 Å². The van der Waals surface area contributed by atoms with Crippen LogP contribution in [-0.2, 0) is 9.47 Å². The smallest absolute Gasteiger partial charge is 0.147 e. The summed E-state index contributed by atoms with van der Waals surface area (Å²) in [6.07, 6.45) is 5.65. The van der Waals surface area contributed by atoms with Crippen LogP contribution in [0, 0.1) is 11.8 Å². The highest BCUT2D eigenvalue weighted by molar-refractivity contribution is 4.76. The summed E-state index contributed by atoms with van der Waals surface area (Å²) in [5.74, 6) is 1.80. The molecule has 1 heterocycles. The lowest BCUT2D eigenvalue weighted by atomic mass is 9.98. The molecule has 15 heavy (non-hydrogen) atoms. The van der Waals surface area contributed by atoms with E-state index in [9.17, 15) is 0 Å². The molecule has 3 nitrogen and oxygen atoms in total. The molecule has 3 heteroatoms. The molecule has 1 saturated heterocycles. The highest BCUT2D eigenvalue weighted by Gasteiger charge is 2.23. The molecule has 1 N–H and O–H groups in total. The second-order valence-electron chi connectivity index (χ2n) is 4.93. The summed E-state index contributed by atoms with van der Waals surface area (Å²) in [4.78, 5) is 0. The number of ether oxygens (including phenoxy) is 2. The fourth-order valence-corrected chi connectivity index (χ4v) is 2.62. The normalized spacial score (nSPS) is 37.0. The van der Waals surface area contributed by atoms with Crippen molar-refractivity contribution in [2.24, 2.45) is 11.8 Å². The minimum absolute atomic E-state index is 0.371. The van der Waals surface area contributed by atoms with E-state index in [0.29, 0.717) is 12.9 Å². The second-order valence-corrected chi connectivity index (χ2v) is 4.93. The van der Waals surface area contributed by atoms with E-state index >= 15 is 0 Å². The molecule has 0 bridgehead atoms. The summed E-state index contributed by atoms with van der Waals surface area (Å²) in [6, 6.07) is 0. The maximum atomic E-state index is 5.48. The first-order valence-corrected chi connectivity index (χ1v) is 6.26. The number of nitrogens with one attached hydrogen (secondary N) is 1. The summed E-state index contributed by atoms with van der Waals surface area (Å²) >= 11 is 0. The minimum atomic E-state index is 0.371. The maximum Gasteiger partial charge on any atom is 0.147 e. The topological polar surface area (TPSA) is 30.5 Å². The SMILES string of the molecule is CC1CCCC1CNCC1CCOCO1. The number of hydrogen-bond donors (Lipinski definition) is 1. The van der Waals surface area contributed by atoms with E-state index < -0.39 is 0 Å². The van der Waals surface area contributed by atoms with Gasteiger partial charge in [-0.15, -0.1) is 0 Å². The summed E-state index contributed by atoms with van der Waals surface area (Å²) in [7, 11) is 0.